The molecule has 1 atom stereocenters. The predicted molar refractivity (Wildman–Crippen MR) is 77.4 cm³/mol. The minimum Gasteiger partial charge on any atom is -0.550 e. The van der Waals surface area contributed by atoms with Crippen molar-refractivity contribution in [1.82, 2.24) is 0 Å². The largest absolute Gasteiger partial charge is 1.00 e. The summed E-state index contributed by atoms with van der Waals surface area (Å²) in [4.78, 5) is 40.8. The smallest absolute Gasteiger partial charge is 0.550 e. The summed E-state index contributed by atoms with van der Waals surface area (Å²) in [5, 5.41) is 45.9. The molecule has 0 fully saturated rings. The predicted octanol–water partition coefficient (Wildman–Crippen LogP) is -9.34. The molecule has 16 heteroatoms. The third-order valence-corrected chi connectivity index (χ3v) is 2.97. The second kappa shape index (κ2) is 13.9. The van der Waals surface area contributed by atoms with Crippen molar-refractivity contribution in [2.45, 2.75) is 18.4 Å². The second-order valence-corrected chi connectivity index (χ2v) is 5.77. The Bertz CT molecular complexity index is 821. The number of rotatable bonds is 8. The Morgan fingerprint density at radius 3 is 1.83 bits per heavy atom. The molecule has 0 radical (unpaired) electrons. The van der Waals surface area contributed by atoms with Gasteiger partial charge in [0.25, 0.3) is 0 Å². The minimum atomic E-state index is -4.72. The summed E-state index contributed by atoms with van der Waals surface area (Å²) in [6.07, 6.45) is -2.44. The molecule has 0 heterocycles. The summed E-state index contributed by atoms with van der Waals surface area (Å²) in [6.45, 7) is 0. The van der Waals surface area contributed by atoms with Crippen molar-refractivity contribution in [3.05, 3.63) is 29.8 Å². The van der Waals surface area contributed by atoms with Gasteiger partial charge in [-0.15, -0.1) is 0 Å². The molecule has 1 rings (SSSR count). The number of aromatic carboxylic acids is 1. The molecule has 150 valence electrons. The SMILES string of the molecule is O=C([O-])CC(O)(CC(=O)O)C(=O)O.O=C([O-])c1ccccc1OS(=O)(=O)O.[Na+].[Na+]. The van der Waals surface area contributed by atoms with Crippen LogP contribution in [0.15, 0.2) is 24.3 Å². The zero-order chi connectivity index (χ0) is 21.4. The fourth-order valence-corrected chi connectivity index (χ4v) is 1.90. The summed E-state index contributed by atoms with van der Waals surface area (Å²) in [5.74, 6) is -7.42. The van der Waals surface area contributed by atoms with Gasteiger partial charge in [-0.05, 0) is 12.1 Å². The van der Waals surface area contributed by atoms with Gasteiger partial charge in [0.05, 0.1) is 12.4 Å². The summed E-state index contributed by atoms with van der Waals surface area (Å²) in [5.41, 5.74) is -3.25. The van der Waals surface area contributed by atoms with Crippen molar-refractivity contribution >= 4 is 34.3 Å². The number of benzene rings is 1. The fourth-order valence-electron chi connectivity index (χ4n) is 1.52. The molecule has 0 spiro atoms. The zero-order valence-corrected chi connectivity index (χ0v) is 19.9. The van der Waals surface area contributed by atoms with Gasteiger partial charge in [-0.25, -0.2) is 4.79 Å². The molecule has 0 aromatic heterocycles. The van der Waals surface area contributed by atoms with Crippen LogP contribution in [0.1, 0.15) is 23.2 Å². The van der Waals surface area contributed by atoms with Crippen LogP contribution < -0.4 is 73.5 Å². The van der Waals surface area contributed by atoms with Crippen molar-refractivity contribution in [2.24, 2.45) is 0 Å². The van der Waals surface area contributed by atoms with E-state index < -0.39 is 64.0 Å². The molecule has 29 heavy (non-hydrogen) atoms. The van der Waals surface area contributed by atoms with E-state index in [1.807, 2.05) is 0 Å². The molecule has 1 aromatic rings. The number of carbonyl (C=O) groups is 4. The van der Waals surface area contributed by atoms with E-state index in [1.165, 1.54) is 12.1 Å². The van der Waals surface area contributed by atoms with E-state index in [2.05, 4.69) is 4.18 Å². The van der Waals surface area contributed by atoms with Crippen LogP contribution in [-0.4, -0.2) is 57.8 Å². The maximum atomic E-state index is 10.4. The standard InChI is InChI=1S/C7H6O6S.C6H8O7.2Na/c8-7(9)5-3-1-2-4-6(5)13-14(10,11)12;7-3(8)1-6(13,5(11)12)2-4(9)10;;/h1-4H,(H,8,9)(H,10,11,12);13H,1-2H2,(H,7,8)(H,9,10)(H,11,12);;/q;;2*+1/p-2. The molecule has 4 N–H and O–H groups in total. The van der Waals surface area contributed by atoms with Gasteiger partial charge >= 0.3 is 81.5 Å². The number of carbonyl (C=O) groups excluding carboxylic acids is 2. The molecule has 0 amide bonds. The summed E-state index contributed by atoms with van der Waals surface area (Å²) in [6, 6.07) is 4.89. The number of hydrogen-bond donors (Lipinski definition) is 4. The number of aliphatic carboxylic acids is 3. The average molecular weight is 454 g/mol. The molecule has 0 saturated heterocycles. The van der Waals surface area contributed by atoms with E-state index >= 15 is 0 Å². The number of para-hydroxylation sites is 1. The van der Waals surface area contributed by atoms with Crippen LogP contribution in [0.4, 0.5) is 0 Å². The first-order valence-corrected chi connectivity index (χ1v) is 7.89. The van der Waals surface area contributed by atoms with Crippen LogP contribution in [0.25, 0.3) is 0 Å². The van der Waals surface area contributed by atoms with E-state index in [1.54, 1.807) is 0 Å². The maximum Gasteiger partial charge on any atom is 1.00 e. The number of carboxylic acids is 4. The molecular weight excluding hydrogens is 442 g/mol. The summed E-state index contributed by atoms with van der Waals surface area (Å²) >= 11 is 0. The summed E-state index contributed by atoms with van der Waals surface area (Å²) < 4.78 is 32.9. The van der Waals surface area contributed by atoms with Crippen LogP contribution >= 0.6 is 0 Å². The zero-order valence-electron chi connectivity index (χ0n) is 15.1. The van der Waals surface area contributed by atoms with Crippen molar-refractivity contribution in [2.75, 3.05) is 0 Å². The first-order chi connectivity index (χ1) is 12.2. The van der Waals surface area contributed by atoms with Gasteiger partial charge in [-0.1, -0.05) is 12.1 Å². The van der Waals surface area contributed by atoms with Crippen LogP contribution in [0.5, 0.6) is 5.75 Å². The Labute approximate surface area is 207 Å². The van der Waals surface area contributed by atoms with E-state index in [0.29, 0.717) is 0 Å². The molecular formula is C13H12Na2O13S. The van der Waals surface area contributed by atoms with Gasteiger partial charge in [0.2, 0.25) is 0 Å². The number of hydrogen-bond acceptors (Lipinski definition) is 10. The number of carboxylic acid groups (broad SMARTS) is 4. The molecule has 1 unspecified atom stereocenters. The molecule has 0 aliphatic carbocycles. The van der Waals surface area contributed by atoms with E-state index in [9.17, 15) is 37.8 Å². The van der Waals surface area contributed by atoms with E-state index in [4.69, 9.17) is 19.9 Å². The van der Waals surface area contributed by atoms with E-state index in [0.717, 1.165) is 12.1 Å². The topological polar surface area (TPSA) is 239 Å². The van der Waals surface area contributed by atoms with Crippen molar-refractivity contribution in [3.8, 4) is 5.75 Å². The fraction of sp³-hybridized carbons (Fsp3) is 0.231. The van der Waals surface area contributed by atoms with Gasteiger partial charge < -0.3 is 39.3 Å². The molecule has 0 saturated carbocycles. The third-order valence-electron chi connectivity index (χ3n) is 2.58. The molecule has 0 aliphatic rings. The van der Waals surface area contributed by atoms with Crippen molar-refractivity contribution in [3.63, 3.8) is 0 Å². The maximum absolute atomic E-state index is 10.4. The Morgan fingerprint density at radius 1 is 1.00 bits per heavy atom. The normalized spacial score (nSPS) is 11.8. The van der Waals surface area contributed by atoms with Gasteiger partial charge in [0.15, 0.2) is 11.4 Å². The Kier molecular flexibility index (Phi) is 15.5. The molecule has 0 aliphatic heterocycles. The van der Waals surface area contributed by atoms with Crippen molar-refractivity contribution in [1.29, 1.82) is 0 Å². The second-order valence-electron chi connectivity index (χ2n) is 4.75. The molecule has 1 aromatic carbocycles. The van der Waals surface area contributed by atoms with Crippen LogP contribution in [-0.2, 0) is 24.8 Å². The summed E-state index contributed by atoms with van der Waals surface area (Å²) in [7, 11) is -4.72. The first kappa shape index (κ1) is 32.4. The quantitative estimate of drug-likeness (QED) is 0.211. The monoisotopic (exact) mass is 454 g/mol. The molecule has 0 bridgehead atoms. The Hall–Kier alpha value is -1.23. The van der Waals surface area contributed by atoms with Gasteiger partial charge in [-0.2, -0.15) is 8.42 Å². The third kappa shape index (κ3) is 13.6. The average Bonchev–Trinajstić information content (AvgIpc) is 2.44. The Balaban J connectivity index is -0.000000438. The van der Waals surface area contributed by atoms with Crippen LogP contribution in [0.2, 0.25) is 0 Å². The first-order valence-electron chi connectivity index (χ1n) is 6.52. The van der Waals surface area contributed by atoms with Gasteiger partial charge in [0, 0.05) is 18.0 Å². The Morgan fingerprint density at radius 2 is 1.48 bits per heavy atom. The van der Waals surface area contributed by atoms with E-state index in [-0.39, 0.29) is 59.1 Å². The van der Waals surface area contributed by atoms with Crippen LogP contribution in [0, 0.1) is 0 Å². The molecule has 13 nitrogen and oxygen atoms in total. The van der Waals surface area contributed by atoms with Crippen LogP contribution in [0.3, 0.4) is 0 Å². The number of aliphatic hydroxyl groups is 1. The van der Waals surface area contributed by atoms with Gasteiger partial charge in [-0.3, -0.25) is 9.35 Å². The van der Waals surface area contributed by atoms with Gasteiger partial charge in [0.1, 0.15) is 0 Å². The minimum absolute atomic E-state index is 0. The van der Waals surface area contributed by atoms with Crippen molar-refractivity contribution < 1.29 is 121 Å².